The van der Waals surface area contributed by atoms with Crippen LogP contribution in [0.3, 0.4) is 0 Å². The van der Waals surface area contributed by atoms with E-state index in [1.807, 2.05) is 12.1 Å². The van der Waals surface area contributed by atoms with Crippen LogP contribution >= 0.6 is 15.9 Å². The third-order valence-electron chi connectivity index (χ3n) is 2.17. The summed E-state index contributed by atoms with van der Waals surface area (Å²) in [5.41, 5.74) is 6.77. The normalized spacial score (nSPS) is 11.3. The molecule has 1 heterocycles. The van der Waals surface area contributed by atoms with Gasteiger partial charge in [0.25, 0.3) is 0 Å². The Morgan fingerprint density at radius 3 is 2.56 bits per heavy atom. The van der Waals surface area contributed by atoms with Crippen molar-refractivity contribution in [3.8, 4) is 0 Å². The summed E-state index contributed by atoms with van der Waals surface area (Å²) in [6, 6.07) is 8.75. The molecule has 0 fully saturated rings. The fourth-order valence-corrected chi connectivity index (χ4v) is 1.49. The second-order valence-electron chi connectivity index (χ2n) is 3.42. The molecule has 92 valence electrons. The molecule has 0 unspecified atom stereocenters. The predicted octanol–water partition coefficient (Wildman–Crippen LogP) is 0.600. The van der Waals surface area contributed by atoms with Crippen LogP contribution in [0.4, 0.5) is 0 Å². The molecule has 1 aromatic carbocycles. The van der Waals surface area contributed by atoms with Crippen molar-refractivity contribution in [3.63, 3.8) is 0 Å². The third-order valence-corrected chi connectivity index (χ3v) is 2.69. The van der Waals surface area contributed by atoms with Crippen molar-refractivity contribution in [2.75, 3.05) is 0 Å². The number of carbonyl (C=O) groups is 1. The monoisotopic (exact) mass is 309 g/mol. The molecule has 0 bridgehead atoms. The highest BCUT2D eigenvalue weighted by atomic mass is 79.9. The van der Waals surface area contributed by atoms with Crippen LogP contribution in [0.15, 0.2) is 51.7 Å². The first-order chi connectivity index (χ1) is 8.66. The Hall–Kier alpha value is -2.08. The molecule has 5 nitrogen and oxygen atoms in total. The fraction of sp³-hybridized carbons (Fsp3) is 0. The first kappa shape index (κ1) is 12.4. The van der Waals surface area contributed by atoms with Gasteiger partial charge >= 0.3 is 11.8 Å². The van der Waals surface area contributed by atoms with E-state index in [0.29, 0.717) is 5.56 Å². The first-order valence-corrected chi connectivity index (χ1v) is 5.84. The van der Waals surface area contributed by atoms with Gasteiger partial charge in [0, 0.05) is 4.47 Å². The van der Waals surface area contributed by atoms with E-state index in [2.05, 4.69) is 21.1 Å². The average molecular weight is 310 g/mol. The minimum Gasteiger partial charge on any atom is -0.472 e. The Bertz CT molecular complexity index is 562. The standard InChI is InChI=1S/C12H9BrN2O3/c13-10-3-1-8(2-4-10)11(14)15-18-12(16)9-5-6-17-7-9/h1-7H,(H2,14,15)/p+1. The molecule has 0 aliphatic rings. The zero-order valence-corrected chi connectivity index (χ0v) is 10.8. The second kappa shape index (κ2) is 5.50. The van der Waals surface area contributed by atoms with Gasteiger partial charge < -0.3 is 4.42 Å². The highest BCUT2D eigenvalue weighted by Gasteiger charge is 2.11. The Kier molecular flexibility index (Phi) is 3.78. The molecule has 0 spiro atoms. The maximum absolute atomic E-state index is 11.5. The lowest BCUT2D eigenvalue weighted by Gasteiger charge is -1.96. The van der Waals surface area contributed by atoms with Crippen LogP contribution in [0.5, 0.6) is 0 Å². The van der Waals surface area contributed by atoms with Crippen LogP contribution in [0.1, 0.15) is 15.9 Å². The minimum atomic E-state index is -0.566. The summed E-state index contributed by atoms with van der Waals surface area (Å²) in [6.07, 6.45) is 2.68. The number of carbonyl (C=O) groups excluding carboxylic acids is 1. The summed E-state index contributed by atoms with van der Waals surface area (Å²) < 4.78 is 5.71. The van der Waals surface area contributed by atoms with Gasteiger partial charge in [0.05, 0.1) is 11.8 Å². The van der Waals surface area contributed by atoms with Crippen LogP contribution in [0, 0.1) is 0 Å². The van der Waals surface area contributed by atoms with Crippen molar-refractivity contribution in [1.29, 1.82) is 0 Å². The molecule has 18 heavy (non-hydrogen) atoms. The Balaban J connectivity index is 2.05. The molecule has 0 radical (unpaired) electrons. The lowest BCUT2D eigenvalue weighted by Crippen LogP contribution is -2.75. The smallest absolute Gasteiger partial charge is 0.391 e. The fourth-order valence-electron chi connectivity index (χ4n) is 1.23. The maximum Gasteiger partial charge on any atom is 0.391 e. The summed E-state index contributed by atoms with van der Waals surface area (Å²) in [5.74, 6) is -0.317. The van der Waals surface area contributed by atoms with Gasteiger partial charge in [0.2, 0.25) is 0 Å². The summed E-state index contributed by atoms with van der Waals surface area (Å²) >= 11 is 3.32. The molecular formula is C12H10BrN2O3+. The van der Waals surface area contributed by atoms with E-state index in [1.54, 1.807) is 12.1 Å². The number of hydrogen-bond donors (Lipinski definition) is 2. The van der Waals surface area contributed by atoms with Crippen LogP contribution < -0.4 is 10.9 Å². The van der Waals surface area contributed by atoms with Crippen LogP contribution in [-0.4, -0.2) is 11.8 Å². The zero-order chi connectivity index (χ0) is 13.0. The van der Waals surface area contributed by atoms with Crippen molar-refractivity contribution in [1.82, 2.24) is 0 Å². The maximum atomic E-state index is 11.5. The van der Waals surface area contributed by atoms with Gasteiger partial charge in [-0.15, -0.1) is 0 Å². The number of furan rings is 1. The van der Waals surface area contributed by atoms with Gasteiger partial charge in [-0.05, 0) is 30.3 Å². The zero-order valence-electron chi connectivity index (χ0n) is 9.22. The average Bonchev–Trinajstić information content (AvgIpc) is 2.90. The number of benzene rings is 1. The number of halogens is 1. The van der Waals surface area contributed by atoms with Gasteiger partial charge in [-0.3, -0.25) is 10.6 Å². The summed E-state index contributed by atoms with van der Waals surface area (Å²) in [4.78, 5) is 16.3. The topological polar surface area (TPSA) is 79.4 Å². The third kappa shape index (κ3) is 2.98. The molecule has 0 aliphatic carbocycles. The molecule has 0 amide bonds. The Labute approximate surface area is 111 Å². The number of nitrogens with two attached hydrogens (primary N) is 1. The van der Waals surface area contributed by atoms with E-state index in [4.69, 9.17) is 15.0 Å². The summed E-state index contributed by atoms with van der Waals surface area (Å²) in [5, 5.41) is 2.39. The molecule has 1 aromatic heterocycles. The predicted molar refractivity (Wildman–Crippen MR) is 67.5 cm³/mol. The summed E-state index contributed by atoms with van der Waals surface area (Å²) in [6.45, 7) is 0. The molecule has 2 aromatic rings. The van der Waals surface area contributed by atoms with Crippen LogP contribution in [0.2, 0.25) is 0 Å². The number of nitrogens with one attached hydrogen (secondary N) is 1. The molecule has 0 saturated heterocycles. The van der Waals surface area contributed by atoms with E-state index in [9.17, 15) is 4.79 Å². The van der Waals surface area contributed by atoms with E-state index in [0.717, 1.165) is 10.0 Å². The van der Waals surface area contributed by atoms with Gasteiger partial charge in [-0.1, -0.05) is 21.1 Å². The number of hydrogen-bond acceptors (Lipinski definition) is 3. The molecule has 6 heteroatoms. The van der Waals surface area contributed by atoms with E-state index in [1.165, 1.54) is 18.6 Å². The van der Waals surface area contributed by atoms with Crippen molar-refractivity contribution in [3.05, 3.63) is 58.5 Å². The molecule has 2 rings (SSSR count). The molecule has 0 aliphatic heterocycles. The molecule has 0 atom stereocenters. The van der Waals surface area contributed by atoms with Crippen molar-refractivity contribution in [2.24, 2.45) is 5.73 Å². The first-order valence-electron chi connectivity index (χ1n) is 5.04. The quantitative estimate of drug-likeness (QED) is 0.377. The second-order valence-corrected chi connectivity index (χ2v) is 4.34. The van der Waals surface area contributed by atoms with Crippen molar-refractivity contribution in [2.45, 2.75) is 0 Å². The SMILES string of the molecule is NC(=[NH+]OC(=O)c1ccoc1)c1ccc(Br)cc1. The minimum absolute atomic E-state index is 0.249. The lowest BCUT2D eigenvalue weighted by molar-refractivity contribution is -0.721. The molecule has 3 N–H and O–H groups in total. The largest absolute Gasteiger partial charge is 0.472 e. The molecular weight excluding hydrogens is 300 g/mol. The van der Waals surface area contributed by atoms with Crippen LogP contribution in [-0.2, 0) is 4.84 Å². The van der Waals surface area contributed by atoms with E-state index >= 15 is 0 Å². The van der Waals surface area contributed by atoms with E-state index < -0.39 is 5.97 Å². The molecule has 0 saturated carbocycles. The highest BCUT2D eigenvalue weighted by molar-refractivity contribution is 9.10. The number of rotatable bonds is 3. The number of nitrogen functional groups attached to an aromatic ring is 1. The Morgan fingerprint density at radius 2 is 1.94 bits per heavy atom. The number of amidine groups is 1. The van der Waals surface area contributed by atoms with E-state index in [-0.39, 0.29) is 5.84 Å². The van der Waals surface area contributed by atoms with Crippen molar-refractivity contribution >= 4 is 27.7 Å². The van der Waals surface area contributed by atoms with Gasteiger partial charge in [0.1, 0.15) is 11.8 Å². The highest BCUT2D eigenvalue weighted by Crippen LogP contribution is 2.09. The Morgan fingerprint density at radius 1 is 1.22 bits per heavy atom. The van der Waals surface area contributed by atoms with Gasteiger partial charge in [0.15, 0.2) is 0 Å². The van der Waals surface area contributed by atoms with Gasteiger partial charge in [-0.25, -0.2) is 4.79 Å². The van der Waals surface area contributed by atoms with Gasteiger partial charge in [-0.2, -0.15) is 0 Å². The lowest BCUT2D eigenvalue weighted by atomic mass is 10.2. The van der Waals surface area contributed by atoms with Crippen molar-refractivity contribution < 1.29 is 19.2 Å². The summed E-state index contributed by atoms with van der Waals surface area (Å²) in [7, 11) is 0. The van der Waals surface area contributed by atoms with Crippen LogP contribution in [0.25, 0.3) is 0 Å².